The summed E-state index contributed by atoms with van der Waals surface area (Å²) in [6, 6.07) is 14.7. The van der Waals surface area contributed by atoms with Gasteiger partial charge in [0.05, 0.1) is 4.90 Å². The predicted octanol–water partition coefficient (Wildman–Crippen LogP) is 2.92. The lowest BCUT2D eigenvalue weighted by molar-refractivity contribution is 0.318. The Kier molecular flexibility index (Phi) is 6.69. The third-order valence-corrected chi connectivity index (χ3v) is 5.04. The highest BCUT2D eigenvalue weighted by atomic mass is 32.2. The molecule has 0 saturated heterocycles. The first kappa shape index (κ1) is 19.1. The first-order valence-electron chi connectivity index (χ1n) is 7.77. The van der Waals surface area contributed by atoms with E-state index in [2.05, 4.69) is 4.72 Å². The van der Waals surface area contributed by atoms with Gasteiger partial charge < -0.3 is 10.5 Å². The second-order valence-electron chi connectivity index (χ2n) is 5.40. The molecule has 1 unspecified atom stereocenters. The minimum Gasteiger partial charge on any atom is -0.487 e. The summed E-state index contributed by atoms with van der Waals surface area (Å²) >= 11 is 0. The van der Waals surface area contributed by atoms with E-state index in [9.17, 15) is 12.8 Å². The quantitative estimate of drug-likeness (QED) is 0.755. The van der Waals surface area contributed by atoms with Crippen LogP contribution < -0.4 is 15.2 Å². The fourth-order valence-corrected chi connectivity index (χ4v) is 3.40. The summed E-state index contributed by atoms with van der Waals surface area (Å²) in [7, 11) is -3.67. The molecule has 0 spiro atoms. The molecule has 0 saturated carbocycles. The van der Waals surface area contributed by atoms with Gasteiger partial charge in [-0.1, -0.05) is 30.3 Å². The summed E-state index contributed by atoms with van der Waals surface area (Å²) in [5.74, 6) is -0.104. The standard InChI is InChI=1S/C18H21FN2O3S/c1-14(15-5-3-2-4-6-15)21-25(22,23)18-9-7-17(8-10-18)24-13-16(19)11-12-20/h2-11,14,21H,12-13,20H2,1H3. The van der Waals surface area contributed by atoms with Crippen LogP contribution in [0.3, 0.4) is 0 Å². The largest absolute Gasteiger partial charge is 0.487 e. The number of sulfonamides is 1. The summed E-state index contributed by atoms with van der Waals surface area (Å²) in [4.78, 5) is 0.112. The Balaban J connectivity index is 2.03. The van der Waals surface area contributed by atoms with Gasteiger partial charge in [0.25, 0.3) is 0 Å². The third kappa shape index (κ3) is 5.67. The van der Waals surface area contributed by atoms with Gasteiger partial charge in [-0.05, 0) is 42.8 Å². The molecule has 0 aliphatic carbocycles. The zero-order chi connectivity index (χ0) is 18.3. The molecule has 7 heteroatoms. The van der Waals surface area contributed by atoms with E-state index >= 15 is 0 Å². The molecule has 0 aliphatic heterocycles. The van der Waals surface area contributed by atoms with Gasteiger partial charge in [-0.2, -0.15) is 0 Å². The van der Waals surface area contributed by atoms with Crippen LogP contribution in [0.15, 0.2) is 71.4 Å². The van der Waals surface area contributed by atoms with E-state index in [1.165, 1.54) is 30.3 Å². The van der Waals surface area contributed by atoms with Crippen LogP contribution in [0.1, 0.15) is 18.5 Å². The summed E-state index contributed by atoms with van der Waals surface area (Å²) in [5, 5.41) is 0. The van der Waals surface area contributed by atoms with Crippen molar-refractivity contribution in [3.05, 3.63) is 72.1 Å². The Morgan fingerprint density at radius 1 is 1.20 bits per heavy atom. The van der Waals surface area contributed by atoms with Gasteiger partial charge in [-0.3, -0.25) is 0 Å². The second-order valence-corrected chi connectivity index (χ2v) is 7.11. The van der Waals surface area contributed by atoms with Crippen LogP contribution in [-0.2, 0) is 10.0 Å². The van der Waals surface area contributed by atoms with Crippen LogP contribution >= 0.6 is 0 Å². The zero-order valence-corrected chi connectivity index (χ0v) is 14.7. The molecular formula is C18H21FN2O3S. The number of hydrogen-bond acceptors (Lipinski definition) is 4. The number of hydrogen-bond donors (Lipinski definition) is 2. The lowest BCUT2D eigenvalue weighted by Gasteiger charge is -2.15. The van der Waals surface area contributed by atoms with Crippen LogP contribution in [0, 0.1) is 0 Å². The normalized spacial score (nSPS) is 13.5. The van der Waals surface area contributed by atoms with E-state index in [-0.39, 0.29) is 24.1 Å². The number of rotatable bonds is 8. The molecule has 25 heavy (non-hydrogen) atoms. The molecule has 0 amide bonds. The molecule has 0 aromatic heterocycles. The summed E-state index contributed by atoms with van der Waals surface area (Å²) in [6.45, 7) is 1.63. The molecule has 2 aromatic carbocycles. The van der Waals surface area contributed by atoms with E-state index in [0.717, 1.165) is 5.56 Å². The van der Waals surface area contributed by atoms with Gasteiger partial charge in [0.2, 0.25) is 10.0 Å². The highest BCUT2D eigenvalue weighted by Crippen LogP contribution is 2.19. The maximum Gasteiger partial charge on any atom is 0.241 e. The molecule has 2 aromatic rings. The molecular weight excluding hydrogens is 343 g/mol. The first-order chi connectivity index (χ1) is 11.9. The fraction of sp³-hybridized carbons (Fsp3) is 0.222. The lowest BCUT2D eigenvalue weighted by atomic mass is 10.1. The number of ether oxygens (including phenoxy) is 1. The van der Waals surface area contributed by atoms with Crippen molar-refractivity contribution < 1.29 is 17.5 Å². The van der Waals surface area contributed by atoms with Gasteiger partial charge >= 0.3 is 0 Å². The van der Waals surface area contributed by atoms with Gasteiger partial charge in [0.1, 0.15) is 18.2 Å². The predicted molar refractivity (Wildman–Crippen MR) is 95.4 cm³/mol. The third-order valence-electron chi connectivity index (χ3n) is 3.48. The van der Waals surface area contributed by atoms with Gasteiger partial charge in [-0.15, -0.1) is 0 Å². The first-order valence-corrected chi connectivity index (χ1v) is 9.25. The van der Waals surface area contributed by atoms with Crippen LogP contribution in [0.4, 0.5) is 4.39 Å². The lowest BCUT2D eigenvalue weighted by Crippen LogP contribution is -2.26. The van der Waals surface area contributed by atoms with Crippen molar-refractivity contribution in [1.82, 2.24) is 4.72 Å². The van der Waals surface area contributed by atoms with Crippen molar-refractivity contribution >= 4 is 10.0 Å². The van der Waals surface area contributed by atoms with Crippen LogP contribution in [0.5, 0.6) is 5.75 Å². The van der Waals surface area contributed by atoms with E-state index in [0.29, 0.717) is 5.75 Å². The number of benzene rings is 2. The summed E-state index contributed by atoms with van der Waals surface area (Å²) < 4.78 is 45.9. The topological polar surface area (TPSA) is 81.4 Å². The molecule has 3 N–H and O–H groups in total. The number of nitrogens with two attached hydrogens (primary N) is 1. The molecule has 0 radical (unpaired) electrons. The van der Waals surface area contributed by atoms with Gasteiger partial charge in [0, 0.05) is 12.6 Å². The SMILES string of the molecule is CC(NS(=O)(=O)c1ccc(OCC(F)=CCN)cc1)c1ccccc1. The van der Waals surface area contributed by atoms with Gasteiger partial charge in [-0.25, -0.2) is 17.5 Å². The Labute approximate surface area is 147 Å². The molecule has 2 rings (SSSR count). The van der Waals surface area contributed by atoms with Crippen molar-refractivity contribution in [3.63, 3.8) is 0 Å². The average Bonchev–Trinajstić information content (AvgIpc) is 2.61. The Bertz CT molecular complexity index is 806. The molecule has 0 bridgehead atoms. The Morgan fingerprint density at radius 2 is 1.84 bits per heavy atom. The molecule has 1 atom stereocenters. The van der Waals surface area contributed by atoms with Crippen molar-refractivity contribution in [3.8, 4) is 5.75 Å². The Morgan fingerprint density at radius 3 is 2.44 bits per heavy atom. The summed E-state index contributed by atoms with van der Waals surface area (Å²) in [5.41, 5.74) is 6.07. The molecule has 5 nitrogen and oxygen atoms in total. The number of halogens is 1. The van der Waals surface area contributed by atoms with Crippen molar-refractivity contribution in [2.45, 2.75) is 17.9 Å². The smallest absolute Gasteiger partial charge is 0.241 e. The monoisotopic (exact) mass is 364 g/mol. The summed E-state index contributed by atoms with van der Waals surface area (Å²) in [6.07, 6.45) is 1.22. The maximum absolute atomic E-state index is 13.2. The molecule has 0 heterocycles. The highest BCUT2D eigenvalue weighted by molar-refractivity contribution is 7.89. The second kappa shape index (κ2) is 8.75. The van der Waals surface area contributed by atoms with E-state index in [1.807, 2.05) is 30.3 Å². The number of nitrogens with one attached hydrogen (secondary N) is 1. The average molecular weight is 364 g/mol. The van der Waals surface area contributed by atoms with Gasteiger partial charge in [0.15, 0.2) is 0 Å². The minimum atomic E-state index is -3.67. The van der Waals surface area contributed by atoms with Crippen molar-refractivity contribution in [2.75, 3.05) is 13.2 Å². The Hall–Kier alpha value is -2.22. The minimum absolute atomic E-state index is 0.0949. The molecule has 134 valence electrons. The van der Waals surface area contributed by atoms with E-state index in [4.69, 9.17) is 10.5 Å². The van der Waals surface area contributed by atoms with E-state index in [1.54, 1.807) is 6.92 Å². The fourth-order valence-electron chi connectivity index (χ4n) is 2.16. The molecule has 0 aliphatic rings. The highest BCUT2D eigenvalue weighted by Gasteiger charge is 2.18. The van der Waals surface area contributed by atoms with E-state index < -0.39 is 15.9 Å². The maximum atomic E-state index is 13.2. The van der Waals surface area contributed by atoms with Crippen LogP contribution in [0.2, 0.25) is 0 Å². The zero-order valence-electron chi connectivity index (χ0n) is 13.9. The molecule has 0 fully saturated rings. The van der Waals surface area contributed by atoms with Crippen LogP contribution in [-0.4, -0.2) is 21.6 Å². The van der Waals surface area contributed by atoms with Crippen molar-refractivity contribution in [2.24, 2.45) is 5.73 Å². The van der Waals surface area contributed by atoms with Crippen molar-refractivity contribution in [1.29, 1.82) is 0 Å². The van der Waals surface area contributed by atoms with Crippen LogP contribution in [0.25, 0.3) is 0 Å².